The number of aryl methyl sites for hydroxylation is 1. The fourth-order valence-electron chi connectivity index (χ4n) is 1.06. The molecule has 1 aliphatic heterocycles. The predicted molar refractivity (Wildman–Crippen MR) is 54.5 cm³/mol. The van der Waals surface area contributed by atoms with Crippen molar-refractivity contribution in [1.29, 1.82) is 0 Å². The maximum atomic E-state index is 2.46. The van der Waals surface area contributed by atoms with Crippen molar-refractivity contribution in [3.8, 4) is 0 Å². The molecule has 0 aromatic heterocycles. The second kappa shape index (κ2) is 3.28. The van der Waals surface area contributed by atoms with Crippen molar-refractivity contribution >= 4 is 35.9 Å². The molecular weight excluding hydrogens is 369 g/mol. The van der Waals surface area contributed by atoms with Crippen molar-refractivity contribution in [3.63, 3.8) is 0 Å². The normalized spacial score (nSPS) is 16.9. The molecular formula is C8H9BiS2. The van der Waals surface area contributed by atoms with Gasteiger partial charge in [0.2, 0.25) is 0 Å². The Morgan fingerprint density at radius 3 is 2.73 bits per heavy atom. The summed E-state index contributed by atoms with van der Waals surface area (Å²) in [5.74, 6) is 0. The SMILES string of the molecule is Cc1ccc2c(c1)[S][Bi]([CH3])[S]2. The zero-order valence-corrected chi connectivity index (χ0v) is 11.6. The van der Waals surface area contributed by atoms with E-state index < -0.39 is 18.8 Å². The summed E-state index contributed by atoms with van der Waals surface area (Å²) in [4.78, 5) is 3.09. The fraction of sp³-hybridized carbons (Fsp3) is 0.250. The summed E-state index contributed by atoms with van der Waals surface area (Å²) < 4.78 is 2.46. The Hall–Kier alpha value is 0.803. The molecule has 0 atom stereocenters. The number of rotatable bonds is 0. The van der Waals surface area contributed by atoms with E-state index >= 15 is 0 Å². The molecule has 0 amide bonds. The summed E-state index contributed by atoms with van der Waals surface area (Å²) in [6.45, 7) is 2.17. The summed E-state index contributed by atoms with van der Waals surface area (Å²) in [6.07, 6.45) is 0. The molecule has 1 aromatic carbocycles. The van der Waals surface area contributed by atoms with Gasteiger partial charge in [0, 0.05) is 0 Å². The van der Waals surface area contributed by atoms with Gasteiger partial charge in [-0.2, -0.15) is 0 Å². The summed E-state index contributed by atoms with van der Waals surface area (Å²) >= 11 is -1.10. The zero-order chi connectivity index (χ0) is 7.84. The molecule has 0 radical (unpaired) electrons. The molecule has 0 saturated heterocycles. The van der Waals surface area contributed by atoms with E-state index in [-0.39, 0.29) is 0 Å². The Bertz CT molecular complexity index is 285. The summed E-state index contributed by atoms with van der Waals surface area (Å²) in [5, 5.41) is 0. The van der Waals surface area contributed by atoms with Crippen LogP contribution in [-0.2, 0) is 0 Å². The third-order valence-corrected chi connectivity index (χ3v) is 17.8. The third kappa shape index (κ3) is 1.76. The van der Waals surface area contributed by atoms with Crippen LogP contribution < -0.4 is 0 Å². The molecule has 1 aromatic rings. The minimum atomic E-state index is -1.10. The predicted octanol–water partition coefficient (Wildman–Crippen LogP) is 3.31. The van der Waals surface area contributed by atoms with Crippen LogP contribution in [0, 0.1) is 6.92 Å². The van der Waals surface area contributed by atoms with Gasteiger partial charge in [0.15, 0.2) is 0 Å². The van der Waals surface area contributed by atoms with Crippen LogP contribution in [0.5, 0.6) is 0 Å². The summed E-state index contributed by atoms with van der Waals surface area (Å²) in [6, 6.07) is 6.82. The van der Waals surface area contributed by atoms with E-state index in [1.165, 1.54) is 5.56 Å². The third-order valence-electron chi connectivity index (χ3n) is 1.55. The van der Waals surface area contributed by atoms with Gasteiger partial charge < -0.3 is 0 Å². The zero-order valence-electron chi connectivity index (χ0n) is 6.50. The van der Waals surface area contributed by atoms with Crippen LogP contribution in [0.2, 0.25) is 4.63 Å². The number of benzene rings is 1. The molecule has 0 unspecified atom stereocenters. The topological polar surface area (TPSA) is 0 Å². The second-order valence-corrected chi connectivity index (χ2v) is 23.1. The Balaban J connectivity index is 2.43. The van der Waals surface area contributed by atoms with Gasteiger partial charge in [-0.05, 0) is 0 Å². The van der Waals surface area contributed by atoms with Crippen molar-refractivity contribution in [1.82, 2.24) is 0 Å². The number of hydrogen-bond acceptors (Lipinski definition) is 2. The Kier molecular flexibility index (Phi) is 2.50. The van der Waals surface area contributed by atoms with Gasteiger partial charge in [0.25, 0.3) is 0 Å². The minimum absolute atomic E-state index is 1.10. The Morgan fingerprint density at radius 1 is 1.18 bits per heavy atom. The molecule has 0 bridgehead atoms. The first-order chi connectivity index (χ1) is 5.25. The first-order valence-electron chi connectivity index (χ1n) is 3.46. The molecule has 0 N–H and O–H groups in total. The molecule has 58 valence electrons. The standard InChI is InChI=1S/C7H8S2.CH3.Bi/c1-5-2-3-6(8)7(9)4-5;;/h2-4,8-9H,1H3;1H3;/q;;+2/p-2. The molecule has 3 heteroatoms. The monoisotopic (exact) mass is 378 g/mol. The Morgan fingerprint density at radius 2 is 1.91 bits per heavy atom. The second-order valence-electron chi connectivity index (χ2n) is 2.57. The number of hydrogen-bond donors (Lipinski definition) is 0. The van der Waals surface area contributed by atoms with Gasteiger partial charge in [-0.3, -0.25) is 0 Å². The molecule has 11 heavy (non-hydrogen) atoms. The first-order valence-corrected chi connectivity index (χ1v) is 17.0. The van der Waals surface area contributed by atoms with Gasteiger partial charge in [0.05, 0.1) is 0 Å². The van der Waals surface area contributed by atoms with Crippen LogP contribution >= 0.6 is 17.0 Å². The van der Waals surface area contributed by atoms with E-state index in [2.05, 4.69) is 46.8 Å². The van der Waals surface area contributed by atoms with E-state index in [9.17, 15) is 0 Å². The van der Waals surface area contributed by atoms with Gasteiger partial charge in [0.1, 0.15) is 0 Å². The first kappa shape index (κ1) is 8.40. The van der Waals surface area contributed by atoms with E-state index in [4.69, 9.17) is 0 Å². The van der Waals surface area contributed by atoms with Crippen LogP contribution in [0.15, 0.2) is 28.0 Å². The maximum absolute atomic E-state index is 2.46. The molecule has 0 saturated carbocycles. The van der Waals surface area contributed by atoms with Crippen molar-refractivity contribution < 1.29 is 0 Å². The van der Waals surface area contributed by atoms with Crippen LogP contribution in [0.3, 0.4) is 0 Å². The molecule has 0 aliphatic carbocycles. The van der Waals surface area contributed by atoms with Gasteiger partial charge in [-0.25, -0.2) is 0 Å². The van der Waals surface area contributed by atoms with Crippen LogP contribution in [-0.4, -0.2) is 18.8 Å². The van der Waals surface area contributed by atoms with Crippen LogP contribution in [0.25, 0.3) is 0 Å². The molecule has 1 heterocycles. The van der Waals surface area contributed by atoms with Crippen molar-refractivity contribution in [2.45, 2.75) is 21.3 Å². The van der Waals surface area contributed by atoms with E-state index in [1.807, 2.05) is 0 Å². The van der Waals surface area contributed by atoms with Crippen molar-refractivity contribution in [2.24, 2.45) is 0 Å². The van der Waals surface area contributed by atoms with E-state index in [0.29, 0.717) is 0 Å². The fourth-order valence-corrected chi connectivity index (χ4v) is 19.8. The summed E-state index contributed by atoms with van der Waals surface area (Å²) in [5.41, 5.74) is 1.40. The van der Waals surface area contributed by atoms with E-state index in [0.717, 1.165) is 0 Å². The Labute approximate surface area is 80.3 Å². The van der Waals surface area contributed by atoms with E-state index in [1.54, 1.807) is 9.79 Å². The van der Waals surface area contributed by atoms with Crippen molar-refractivity contribution in [2.75, 3.05) is 0 Å². The number of fused-ring (bicyclic) bond motifs is 1. The average molecular weight is 378 g/mol. The molecule has 2 rings (SSSR count). The molecule has 0 nitrogen and oxygen atoms in total. The van der Waals surface area contributed by atoms with Gasteiger partial charge >= 0.3 is 81.0 Å². The average Bonchev–Trinajstić information content (AvgIpc) is 2.27. The molecule has 0 fully saturated rings. The molecule has 1 aliphatic rings. The van der Waals surface area contributed by atoms with Crippen LogP contribution in [0.4, 0.5) is 0 Å². The van der Waals surface area contributed by atoms with Crippen LogP contribution in [0.1, 0.15) is 5.56 Å². The quantitative estimate of drug-likeness (QED) is 0.636. The van der Waals surface area contributed by atoms with Gasteiger partial charge in [-0.15, -0.1) is 0 Å². The van der Waals surface area contributed by atoms with Crippen molar-refractivity contribution in [3.05, 3.63) is 23.8 Å². The molecule has 0 spiro atoms. The van der Waals surface area contributed by atoms with Gasteiger partial charge in [-0.1, -0.05) is 0 Å². The summed E-state index contributed by atoms with van der Waals surface area (Å²) in [7, 11) is 4.34.